The number of aromatic hydroxyl groups is 4. The number of oxazole rings is 1. The molecular formula is C38H36FN3O5. The number of fused-ring (bicyclic) bond motifs is 2. The van der Waals surface area contributed by atoms with Gasteiger partial charge < -0.3 is 29.8 Å². The summed E-state index contributed by atoms with van der Waals surface area (Å²) in [6.07, 6.45) is 8.38. The summed E-state index contributed by atoms with van der Waals surface area (Å²) in [7, 11) is 0. The third-order valence-corrected chi connectivity index (χ3v) is 8.94. The van der Waals surface area contributed by atoms with Crippen LogP contribution in [0.15, 0.2) is 53.0 Å². The van der Waals surface area contributed by atoms with Crippen molar-refractivity contribution in [2.75, 3.05) is 0 Å². The zero-order chi connectivity index (χ0) is 33.6. The van der Waals surface area contributed by atoms with Crippen LogP contribution in [0.1, 0.15) is 61.8 Å². The molecule has 0 saturated heterocycles. The minimum atomic E-state index is -0.335. The molecule has 6 aromatic rings. The largest absolute Gasteiger partial charge is 0.507 e. The zero-order valence-electron chi connectivity index (χ0n) is 26.9. The topological polar surface area (TPSA) is 136 Å². The lowest BCUT2D eigenvalue weighted by molar-refractivity contribution is 0.447. The summed E-state index contributed by atoms with van der Waals surface area (Å²) in [5.41, 5.74) is 8.18. The smallest absolute Gasteiger partial charge is 0.199 e. The van der Waals surface area contributed by atoms with Crippen molar-refractivity contribution in [2.24, 2.45) is 0 Å². The van der Waals surface area contributed by atoms with Gasteiger partial charge in [-0.05, 0) is 87.2 Å². The predicted octanol–water partition coefficient (Wildman–Crippen LogP) is 8.31. The van der Waals surface area contributed by atoms with Crippen molar-refractivity contribution in [3.63, 3.8) is 0 Å². The van der Waals surface area contributed by atoms with E-state index in [1.807, 2.05) is 30.4 Å². The number of rotatable bonds is 8. The van der Waals surface area contributed by atoms with Gasteiger partial charge >= 0.3 is 0 Å². The fourth-order valence-electron chi connectivity index (χ4n) is 5.94. The second-order valence-corrected chi connectivity index (χ2v) is 12.0. The van der Waals surface area contributed by atoms with Gasteiger partial charge in [0.15, 0.2) is 11.5 Å². The number of imidazole rings is 1. The van der Waals surface area contributed by atoms with Crippen LogP contribution in [0.5, 0.6) is 23.0 Å². The van der Waals surface area contributed by atoms with E-state index in [-0.39, 0.29) is 28.8 Å². The van der Waals surface area contributed by atoms with E-state index in [4.69, 9.17) is 4.42 Å². The van der Waals surface area contributed by atoms with Crippen LogP contribution in [0.2, 0.25) is 0 Å². The van der Waals surface area contributed by atoms with Crippen LogP contribution in [0.25, 0.3) is 34.3 Å². The number of halogens is 1. The molecule has 0 spiro atoms. The first-order chi connectivity index (χ1) is 22.4. The van der Waals surface area contributed by atoms with Crippen LogP contribution in [0, 0.1) is 40.4 Å². The summed E-state index contributed by atoms with van der Waals surface area (Å²) in [5, 5.41) is 43.3. The van der Waals surface area contributed by atoms with E-state index in [9.17, 15) is 24.8 Å². The maximum Gasteiger partial charge on any atom is 0.199 e. The third-order valence-electron chi connectivity index (χ3n) is 8.94. The molecule has 2 heterocycles. The first-order valence-electron chi connectivity index (χ1n) is 15.3. The van der Waals surface area contributed by atoms with Gasteiger partial charge in [0.2, 0.25) is 0 Å². The molecule has 0 aliphatic heterocycles. The Labute approximate surface area is 271 Å². The molecule has 2 aromatic heterocycles. The quantitative estimate of drug-likeness (QED) is 0.106. The number of allylic oxidation sites excluding steroid dienone is 2. The first kappa shape index (κ1) is 31.4. The van der Waals surface area contributed by atoms with Crippen LogP contribution in [0.3, 0.4) is 0 Å². The first-order valence-corrected chi connectivity index (χ1v) is 15.3. The highest BCUT2D eigenvalue weighted by atomic mass is 19.1. The summed E-state index contributed by atoms with van der Waals surface area (Å²) in [6.45, 7) is 8.85. The van der Waals surface area contributed by atoms with Gasteiger partial charge in [-0.1, -0.05) is 30.4 Å². The number of phenols is 4. The van der Waals surface area contributed by atoms with Crippen molar-refractivity contribution < 1.29 is 29.2 Å². The Kier molecular flexibility index (Phi) is 8.23. The number of hydrogen-bond acceptors (Lipinski definition) is 7. The van der Waals surface area contributed by atoms with Crippen molar-refractivity contribution in [3.8, 4) is 23.0 Å². The van der Waals surface area contributed by atoms with Crippen molar-refractivity contribution in [1.29, 1.82) is 0 Å². The molecule has 47 heavy (non-hydrogen) atoms. The molecule has 0 bridgehead atoms. The van der Waals surface area contributed by atoms with Gasteiger partial charge in [0.05, 0.1) is 11.0 Å². The number of aromatic amines is 1. The number of aromatic nitrogens is 3. The lowest BCUT2D eigenvalue weighted by atomic mass is 9.92. The highest BCUT2D eigenvalue weighted by Gasteiger charge is 2.19. The molecule has 4 aromatic carbocycles. The Bertz CT molecular complexity index is 2180. The number of H-pyrrole nitrogens is 1. The van der Waals surface area contributed by atoms with Crippen LogP contribution >= 0.6 is 0 Å². The van der Waals surface area contributed by atoms with Crippen LogP contribution in [0.4, 0.5) is 4.39 Å². The fourth-order valence-corrected chi connectivity index (χ4v) is 5.94. The van der Waals surface area contributed by atoms with E-state index >= 15 is 0 Å². The van der Waals surface area contributed by atoms with E-state index in [2.05, 4.69) is 15.0 Å². The second-order valence-electron chi connectivity index (χ2n) is 12.0. The molecule has 0 radical (unpaired) electrons. The molecule has 5 N–H and O–H groups in total. The lowest BCUT2D eigenvalue weighted by Crippen LogP contribution is -1.98. The molecule has 0 unspecified atom stereocenters. The van der Waals surface area contributed by atoms with Gasteiger partial charge in [-0.2, -0.15) is 0 Å². The van der Waals surface area contributed by atoms with Gasteiger partial charge in [0.25, 0.3) is 0 Å². The maximum absolute atomic E-state index is 13.5. The number of nitrogens with one attached hydrogen (secondary N) is 1. The Hall–Kier alpha value is -5.57. The molecule has 0 saturated carbocycles. The highest BCUT2D eigenvalue weighted by Crippen LogP contribution is 2.39. The monoisotopic (exact) mass is 633 g/mol. The van der Waals surface area contributed by atoms with Crippen LogP contribution in [-0.4, -0.2) is 35.4 Å². The van der Waals surface area contributed by atoms with Crippen molar-refractivity contribution in [1.82, 2.24) is 15.0 Å². The summed E-state index contributed by atoms with van der Waals surface area (Å²) in [5.74, 6) is 1.33. The summed E-state index contributed by atoms with van der Waals surface area (Å²) < 4.78 is 19.5. The number of hydrogen-bond donors (Lipinski definition) is 5. The Morgan fingerprint density at radius 3 is 2.09 bits per heavy atom. The molecule has 0 atom stereocenters. The molecule has 0 fully saturated rings. The lowest BCUT2D eigenvalue weighted by Gasteiger charge is -2.16. The van der Waals surface area contributed by atoms with E-state index in [1.165, 1.54) is 12.1 Å². The fraction of sp³-hybridized carbons (Fsp3) is 0.211. The van der Waals surface area contributed by atoms with E-state index < -0.39 is 0 Å². The number of phenolic OH excluding ortho intramolecular Hbond substituents is 4. The van der Waals surface area contributed by atoms with Gasteiger partial charge in [-0.3, -0.25) is 0 Å². The molecule has 0 aliphatic carbocycles. The van der Waals surface area contributed by atoms with Crippen molar-refractivity contribution in [3.05, 3.63) is 116 Å². The molecule has 9 heteroatoms. The molecular weight excluding hydrogens is 597 g/mol. The molecule has 0 amide bonds. The molecule has 240 valence electrons. The molecule has 8 nitrogen and oxygen atoms in total. The molecule has 0 aliphatic rings. The van der Waals surface area contributed by atoms with Crippen molar-refractivity contribution in [2.45, 2.75) is 53.9 Å². The Morgan fingerprint density at radius 1 is 0.702 bits per heavy atom. The van der Waals surface area contributed by atoms with E-state index in [1.54, 1.807) is 52.8 Å². The standard InChI is InChI=1S/C38H36FN3O5/c1-19-20(2)36(44)26(21(3)35(19)43)9-7-11-34-42-30-14-12-24(17-32(30)47-34)16-28-23(5)37(45)27(22(4)38(28)46)8-6-10-33-40-29-15-13-25(39)18-31(29)41-33/h6-9,12-15,17-18,43-46H,10-11,16H2,1-5H3,(H,40,41)/b8-6+,9-7+. The van der Waals surface area contributed by atoms with Crippen molar-refractivity contribution >= 4 is 34.3 Å². The maximum atomic E-state index is 13.5. The van der Waals surface area contributed by atoms with E-state index in [0.29, 0.717) is 97.6 Å². The Balaban J connectivity index is 1.19. The summed E-state index contributed by atoms with van der Waals surface area (Å²) in [6, 6.07) is 10.1. The summed E-state index contributed by atoms with van der Waals surface area (Å²) in [4.78, 5) is 12.2. The summed E-state index contributed by atoms with van der Waals surface area (Å²) >= 11 is 0. The van der Waals surface area contributed by atoms with Gasteiger partial charge in [-0.25, -0.2) is 14.4 Å². The second kappa shape index (κ2) is 12.3. The van der Waals surface area contributed by atoms with Gasteiger partial charge in [0.1, 0.15) is 40.2 Å². The SMILES string of the molecule is Cc1c(C)c(O)c(/C=C/Cc2nc3ccc(Cc4c(C)c(O)c(/C=C/Cc5nc6ccc(F)cc6[nH]5)c(C)c4O)cc3o2)c(C)c1O. The predicted molar refractivity (Wildman–Crippen MR) is 182 cm³/mol. The average molecular weight is 634 g/mol. The van der Waals surface area contributed by atoms with Crippen LogP contribution in [-0.2, 0) is 19.3 Å². The minimum Gasteiger partial charge on any atom is -0.507 e. The molecule has 6 rings (SSSR count). The average Bonchev–Trinajstić information content (AvgIpc) is 3.66. The van der Waals surface area contributed by atoms with E-state index in [0.717, 1.165) is 5.56 Å². The van der Waals surface area contributed by atoms with Gasteiger partial charge in [0, 0.05) is 47.1 Å². The third kappa shape index (κ3) is 5.92. The van der Waals surface area contributed by atoms with Gasteiger partial charge in [-0.15, -0.1) is 0 Å². The Morgan fingerprint density at radius 2 is 1.34 bits per heavy atom. The van der Waals surface area contributed by atoms with Crippen LogP contribution < -0.4 is 0 Å². The number of nitrogens with zero attached hydrogens (tertiary/aromatic N) is 2. The normalized spacial score (nSPS) is 12.0. The highest BCUT2D eigenvalue weighted by molar-refractivity contribution is 5.76. The number of benzene rings is 4. The minimum absolute atomic E-state index is 0.0893. The zero-order valence-corrected chi connectivity index (χ0v) is 26.9.